The summed E-state index contributed by atoms with van der Waals surface area (Å²) in [6.45, 7) is 12.9. The third-order valence-corrected chi connectivity index (χ3v) is 7.78. The summed E-state index contributed by atoms with van der Waals surface area (Å²) < 4.78 is 12.0. The largest absolute Gasteiger partial charge is 0.468 e. The van der Waals surface area contributed by atoms with Crippen LogP contribution in [0.1, 0.15) is 86.6 Å². The Morgan fingerprint density at radius 2 is 1.66 bits per heavy atom. The number of ether oxygens (including phenoxy) is 2. The lowest BCUT2D eigenvalue weighted by atomic mass is 9.87. The van der Waals surface area contributed by atoms with E-state index in [0.29, 0.717) is 5.92 Å². The minimum absolute atomic E-state index is 0. The van der Waals surface area contributed by atoms with E-state index in [2.05, 4.69) is 61.2 Å². The van der Waals surface area contributed by atoms with Gasteiger partial charge in [0, 0.05) is 25.1 Å². The molecular weight excluding hydrogens is 532 g/mol. The summed E-state index contributed by atoms with van der Waals surface area (Å²) >= 11 is 1.65. The molecule has 0 spiro atoms. The first-order valence-corrected chi connectivity index (χ1v) is 15.5. The molecule has 2 heterocycles. The van der Waals surface area contributed by atoms with Crippen LogP contribution in [0.5, 0.6) is 6.01 Å². The number of carbonyl (C=O) groups is 1. The van der Waals surface area contributed by atoms with E-state index in [-0.39, 0.29) is 20.0 Å². The Hall–Kier alpha value is -3.52. The summed E-state index contributed by atoms with van der Waals surface area (Å²) in [7, 11) is 1.43. The van der Waals surface area contributed by atoms with Gasteiger partial charge in [-0.25, -0.2) is 15.0 Å². The van der Waals surface area contributed by atoms with Crippen molar-refractivity contribution in [3.8, 4) is 17.1 Å². The molecule has 0 radical (unpaired) electrons. The minimum Gasteiger partial charge on any atom is -0.468 e. The molecule has 1 aliphatic rings. The van der Waals surface area contributed by atoms with Gasteiger partial charge < -0.3 is 14.8 Å². The van der Waals surface area contributed by atoms with Crippen LogP contribution >= 0.6 is 11.3 Å². The summed E-state index contributed by atoms with van der Waals surface area (Å²) in [5.41, 5.74) is 4.59. The Balaban J connectivity index is 0.000000966. The van der Waals surface area contributed by atoms with Crippen molar-refractivity contribution in [2.75, 3.05) is 19.0 Å². The molecule has 1 saturated carbocycles. The summed E-state index contributed by atoms with van der Waals surface area (Å²) in [6.07, 6.45) is 8.28. The van der Waals surface area contributed by atoms with Crippen LogP contribution in [0.3, 0.4) is 0 Å². The molecule has 222 valence electrons. The second kappa shape index (κ2) is 15.5. The molecule has 7 nitrogen and oxygen atoms in total. The van der Waals surface area contributed by atoms with Crippen molar-refractivity contribution in [1.82, 2.24) is 15.0 Å². The second-order valence-electron chi connectivity index (χ2n) is 10.3. The van der Waals surface area contributed by atoms with Crippen molar-refractivity contribution >= 4 is 38.3 Å². The lowest BCUT2D eigenvalue weighted by Gasteiger charge is -2.24. The van der Waals surface area contributed by atoms with Crippen LogP contribution in [0.15, 0.2) is 54.9 Å². The maximum absolute atomic E-state index is 12.3. The van der Waals surface area contributed by atoms with Gasteiger partial charge in [0.2, 0.25) is 0 Å². The quantitative estimate of drug-likeness (QED) is 0.208. The number of esters is 1. The van der Waals surface area contributed by atoms with Crippen LogP contribution < -0.4 is 10.1 Å². The van der Waals surface area contributed by atoms with Crippen LogP contribution in [0.25, 0.3) is 21.3 Å². The first-order chi connectivity index (χ1) is 19.9. The fourth-order valence-electron chi connectivity index (χ4n) is 4.64. The topological polar surface area (TPSA) is 86.2 Å². The molecule has 1 fully saturated rings. The van der Waals surface area contributed by atoms with Gasteiger partial charge in [-0.2, -0.15) is 0 Å². The molecule has 41 heavy (non-hydrogen) atoms. The van der Waals surface area contributed by atoms with Gasteiger partial charge >= 0.3 is 12.0 Å². The molecule has 0 atom stereocenters. The molecule has 2 aromatic carbocycles. The zero-order valence-electron chi connectivity index (χ0n) is 25.5. The highest BCUT2D eigenvalue weighted by Crippen LogP contribution is 2.39. The molecule has 0 bridgehead atoms. The SMILES string of the molecule is CC.CCC.COC(=O)C1(COc2ncc(-c3ccc(Nc4nc5cc(C(C)C)ccc5s4)cc3)cn2)CCCC1.[HH]. The zero-order valence-corrected chi connectivity index (χ0v) is 26.3. The fraction of sp³-hybridized carbons (Fsp3) is 0.455. The van der Waals surface area contributed by atoms with Crippen molar-refractivity contribution < 1.29 is 15.7 Å². The van der Waals surface area contributed by atoms with Crippen molar-refractivity contribution in [1.29, 1.82) is 0 Å². The number of benzene rings is 2. The monoisotopic (exact) mass is 578 g/mol. The van der Waals surface area contributed by atoms with Gasteiger partial charge in [-0.05, 0) is 54.2 Å². The summed E-state index contributed by atoms with van der Waals surface area (Å²) in [5.74, 6) is 0.268. The minimum atomic E-state index is -0.584. The first kappa shape index (κ1) is 32.0. The standard InChI is InChI=1S/C28H30N4O3S.C3H8.C2H6.H2/c1-18(2)20-8-11-24-23(14-20)32-27(36-24)31-22-9-6-19(7-10-22)21-15-29-26(30-16-21)35-17-28(25(33)34-3)12-4-5-13-28;1-3-2;1-2;/h6-11,14-16,18H,4-5,12-13,17H2,1-3H3,(H,31,32);3H2,1-2H3;1-2H3;1H. The highest BCUT2D eigenvalue weighted by Gasteiger charge is 2.43. The summed E-state index contributed by atoms with van der Waals surface area (Å²) in [5, 5.41) is 4.28. The Morgan fingerprint density at radius 3 is 2.24 bits per heavy atom. The number of thiazole rings is 1. The average molecular weight is 579 g/mol. The maximum atomic E-state index is 12.3. The number of fused-ring (bicyclic) bond motifs is 1. The number of anilines is 2. The van der Waals surface area contributed by atoms with Crippen LogP contribution in [-0.4, -0.2) is 34.6 Å². The highest BCUT2D eigenvalue weighted by molar-refractivity contribution is 7.22. The smallest absolute Gasteiger partial charge is 0.316 e. The van der Waals surface area contributed by atoms with Crippen LogP contribution in [0, 0.1) is 5.41 Å². The van der Waals surface area contributed by atoms with Crippen LogP contribution in [0.4, 0.5) is 10.8 Å². The molecule has 1 aliphatic carbocycles. The maximum Gasteiger partial charge on any atom is 0.316 e. The predicted octanol–water partition coefficient (Wildman–Crippen LogP) is 9.42. The Kier molecular flexibility index (Phi) is 12.1. The molecule has 0 unspecified atom stereocenters. The van der Waals surface area contributed by atoms with Gasteiger partial charge in [-0.15, -0.1) is 0 Å². The number of hydrogen-bond donors (Lipinski definition) is 1. The Labute approximate surface area is 250 Å². The van der Waals surface area contributed by atoms with Gasteiger partial charge in [0.25, 0.3) is 0 Å². The third-order valence-electron chi connectivity index (χ3n) is 6.83. The predicted molar refractivity (Wildman–Crippen MR) is 172 cm³/mol. The number of carbonyl (C=O) groups excluding carboxylic acids is 1. The van der Waals surface area contributed by atoms with Crippen molar-refractivity contribution in [2.45, 2.75) is 79.6 Å². The number of methoxy groups -OCH3 is 1. The molecule has 8 heteroatoms. The van der Waals surface area contributed by atoms with E-state index >= 15 is 0 Å². The van der Waals surface area contributed by atoms with Gasteiger partial charge in [-0.3, -0.25) is 4.79 Å². The number of aromatic nitrogens is 3. The van der Waals surface area contributed by atoms with Crippen molar-refractivity contribution in [2.24, 2.45) is 5.41 Å². The van der Waals surface area contributed by atoms with E-state index in [1.165, 1.54) is 23.8 Å². The lowest BCUT2D eigenvalue weighted by Crippen LogP contribution is -2.35. The van der Waals surface area contributed by atoms with Gasteiger partial charge in [0.05, 0.1) is 17.3 Å². The molecule has 1 N–H and O–H groups in total. The molecule has 0 saturated heterocycles. The van der Waals surface area contributed by atoms with E-state index in [1.54, 1.807) is 23.7 Å². The molecule has 0 amide bonds. The Bertz CT molecular complexity index is 1370. The summed E-state index contributed by atoms with van der Waals surface area (Å²) in [6, 6.07) is 14.8. The molecular formula is C33H46N4O3S. The number of rotatable bonds is 8. The molecule has 4 aromatic rings. The van der Waals surface area contributed by atoms with E-state index in [9.17, 15) is 4.79 Å². The van der Waals surface area contributed by atoms with Crippen LogP contribution in [0.2, 0.25) is 0 Å². The van der Waals surface area contributed by atoms with Crippen molar-refractivity contribution in [3.63, 3.8) is 0 Å². The van der Waals surface area contributed by atoms with Crippen molar-refractivity contribution in [3.05, 3.63) is 60.4 Å². The highest BCUT2D eigenvalue weighted by atomic mass is 32.1. The number of nitrogens with zero attached hydrogens (tertiary/aromatic N) is 3. The van der Waals surface area contributed by atoms with Gasteiger partial charge in [-0.1, -0.05) is 90.3 Å². The average Bonchev–Trinajstić information content (AvgIpc) is 3.65. The fourth-order valence-corrected chi connectivity index (χ4v) is 5.51. The normalized spacial score (nSPS) is 13.6. The second-order valence-corrected chi connectivity index (χ2v) is 11.4. The summed E-state index contributed by atoms with van der Waals surface area (Å²) in [4.78, 5) is 25.7. The molecule has 5 rings (SSSR count). The number of nitrogens with one attached hydrogen (secondary N) is 1. The van der Waals surface area contributed by atoms with E-state index < -0.39 is 5.41 Å². The third kappa shape index (κ3) is 8.26. The molecule has 0 aliphatic heterocycles. The van der Waals surface area contributed by atoms with Crippen LogP contribution in [-0.2, 0) is 9.53 Å². The zero-order chi connectivity index (χ0) is 29.8. The van der Waals surface area contributed by atoms with Gasteiger partial charge in [0.1, 0.15) is 12.0 Å². The first-order valence-electron chi connectivity index (χ1n) is 14.7. The number of hydrogen-bond acceptors (Lipinski definition) is 8. The molecule has 2 aromatic heterocycles. The Morgan fingerprint density at radius 1 is 1.02 bits per heavy atom. The van der Waals surface area contributed by atoms with E-state index in [0.717, 1.165) is 53.1 Å². The van der Waals surface area contributed by atoms with Gasteiger partial charge in [0.15, 0.2) is 5.13 Å². The lowest BCUT2D eigenvalue weighted by molar-refractivity contribution is -0.154. The van der Waals surface area contributed by atoms with E-state index in [4.69, 9.17) is 14.5 Å². The van der Waals surface area contributed by atoms with E-state index in [1.807, 2.05) is 38.1 Å².